The van der Waals surface area contributed by atoms with Crippen LogP contribution >= 0.6 is 23.2 Å². The zero-order valence-electron chi connectivity index (χ0n) is 13.5. The summed E-state index contributed by atoms with van der Waals surface area (Å²) in [5.41, 5.74) is 1.00. The van der Waals surface area contributed by atoms with E-state index in [1.165, 1.54) is 0 Å². The van der Waals surface area contributed by atoms with E-state index in [9.17, 15) is 9.59 Å². The number of carbonyl (C=O) groups excluding carboxylic acids is 2. The molecule has 1 saturated heterocycles. The molecule has 0 unspecified atom stereocenters. The molecule has 2 aromatic rings. The van der Waals surface area contributed by atoms with Gasteiger partial charge in [0.05, 0.1) is 29.4 Å². The highest BCUT2D eigenvalue weighted by atomic mass is 35.5. The van der Waals surface area contributed by atoms with Crippen LogP contribution in [0.25, 0.3) is 0 Å². The number of amides is 2. The molecule has 3 rings (SSSR count). The van der Waals surface area contributed by atoms with Crippen molar-refractivity contribution in [3.05, 3.63) is 52.5 Å². The van der Waals surface area contributed by atoms with Crippen LogP contribution in [-0.4, -0.2) is 24.5 Å². The van der Waals surface area contributed by atoms with Crippen LogP contribution in [0.2, 0.25) is 10.0 Å². The largest absolute Gasteiger partial charge is 0.492 e. The Morgan fingerprint density at radius 2 is 1.96 bits per heavy atom. The maximum absolute atomic E-state index is 12.8. The van der Waals surface area contributed by atoms with Crippen molar-refractivity contribution in [3.8, 4) is 5.75 Å². The fraction of sp³-hybridized carbons (Fsp3) is 0.222. The molecule has 0 saturated carbocycles. The van der Waals surface area contributed by atoms with Gasteiger partial charge in [0.2, 0.25) is 5.91 Å². The number of nitrogens with zero attached hydrogens (tertiary/aromatic N) is 1. The fourth-order valence-corrected chi connectivity index (χ4v) is 3.17. The van der Waals surface area contributed by atoms with Crippen LogP contribution in [0.1, 0.15) is 13.3 Å². The molecule has 0 aromatic heterocycles. The molecule has 2 aromatic carbocycles. The molecule has 1 atom stereocenters. The van der Waals surface area contributed by atoms with E-state index in [1.54, 1.807) is 42.5 Å². The second-order valence-electron chi connectivity index (χ2n) is 5.49. The summed E-state index contributed by atoms with van der Waals surface area (Å²) in [6.45, 7) is 2.28. The van der Waals surface area contributed by atoms with Crippen molar-refractivity contribution in [1.29, 1.82) is 0 Å². The summed E-state index contributed by atoms with van der Waals surface area (Å²) >= 11 is 12.0. The Balaban J connectivity index is 1.85. The first-order valence-corrected chi connectivity index (χ1v) is 8.57. The second-order valence-corrected chi connectivity index (χ2v) is 6.34. The van der Waals surface area contributed by atoms with Gasteiger partial charge in [-0.2, -0.15) is 0 Å². The summed E-state index contributed by atoms with van der Waals surface area (Å²) in [6.07, 6.45) is 0.0399. The number of benzene rings is 2. The smallest absolute Gasteiger partial charge is 0.256 e. The third-order valence-electron chi connectivity index (χ3n) is 3.81. The second kappa shape index (κ2) is 7.33. The molecule has 0 aliphatic carbocycles. The highest BCUT2D eigenvalue weighted by Gasteiger charge is 2.40. The fourth-order valence-electron chi connectivity index (χ4n) is 2.71. The number of para-hydroxylation sites is 2. The molecule has 0 spiro atoms. The summed E-state index contributed by atoms with van der Waals surface area (Å²) in [6, 6.07) is 11.2. The Bertz CT molecular complexity index is 826. The summed E-state index contributed by atoms with van der Waals surface area (Å²) < 4.78 is 5.53. The van der Waals surface area contributed by atoms with E-state index in [1.807, 2.05) is 6.92 Å². The van der Waals surface area contributed by atoms with Crippen LogP contribution < -0.4 is 15.0 Å². The molecule has 7 heteroatoms. The highest BCUT2D eigenvalue weighted by molar-refractivity contribution is 6.36. The van der Waals surface area contributed by atoms with E-state index in [0.717, 1.165) is 4.90 Å². The Morgan fingerprint density at radius 3 is 2.68 bits per heavy atom. The normalized spacial score (nSPS) is 17.1. The third-order valence-corrected chi connectivity index (χ3v) is 4.36. The van der Waals surface area contributed by atoms with Crippen LogP contribution in [0, 0.1) is 0 Å². The quantitative estimate of drug-likeness (QED) is 0.794. The van der Waals surface area contributed by atoms with Crippen molar-refractivity contribution < 1.29 is 14.3 Å². The minimum atomic E-state index is -0.694. The lowest BCUT2D eigenvalue weighted by Crippen LogP contribution is -2.35. The molecule has 1 aliphatic heterocycles. The first kappa shape index (κ1) is 17.6. The molecule has 0 radical (unpaired) electrons. The van der Waals surface area contributed by atoms with E-state index < -0.39 is 6.04 Å². The van der Waals surface area contributed by atoms with Crippen LogP contribution in [-0.2, 0) is 9.59 Å². The van der Waals surface area contributed by atoms with Crippen molar-refractivity contribution in [2.75, 3.05) is 16.8 Å². The number of hydrogen-bond acceptors (Lipinski definition) is 4. The number of ether oxygens (including phenoxy) is 1. The number of hydrogen-bond donors (Lipinski definition) is 1. The van der Waals surface area contributed by atoms with Crippen molar-refractivity contribution in [1.82, 2.24) is 0 Å². The predicted octanol–water partition coefficient (Wildman–Crippen LogP) is 4.14. The zero-order valence-corrected chi connectivity index (χ0v) is 15.0. The van der Waals surface area contributed by atoms with Gasteiger partial charge >= 0.3 is 0 Å². The molecule has 1 heterocycles. The molecule has 2 amide bonds. The molecule has 1 fully saturated rings. The Labute approximate surface area is 155 Å². The number of imide groups is 1. The molecule has 25 heavy (non-hydrogen) atoms. The van der Waals surface area contributed by atoms with Gasteiger partial charge in [-0.05, 0) is 37.3 Å². The Kier molecular flexibility index (Phi) is 5.16. The summed E-state index contributed by atoms with van der Waals surface area (Å²) in [7, 11) is 0. The Hall–Kier alpha value is -2.24. The summed E-state index contributed by atoms with van der Waals surface area (Å²) in [5, 5.41) is 3.91. The van der Waals surface area contributed by atoms with Gasteiger partial charge < -0.3 is 10.1 Å². The van der Waals surface area contributed by atoms with Crippen molar-refractivity contribution in [3.63, 3.8) is 0 Å². The van der Waals surface area contributed by atoms with Crippen LogP contribution in [0.5, 0.6) is 5.75 Å². The molecule has 1 N–H and O–H groups in total. The topological polar surface area (TPSA) is 58.6 Å². The van der Waals surface area contributed by atoms with Gasteiger partial charge in [-0.15, -0.1) is 0 Å². The first-order chi connectivity index (χ1) is 12.0. The van der Waals surface area contributed by atoms with Gasteiger partial charge in [-0.1, -0.05) is 35.3 Å². The highest BCUT2D eigenvalue weighted by Crippen LogP contribution is 2.34. The maximum Gasteiger partial charge on any atom is 0.256 e. The van der Waals surface area contributed by atoms with Crippen LogP contribution in [0.3, 0.4) is 0 Å². The summed E-state index contributed by atoms with van der Waals surface area (Å²) in [5.74, 6) is -0.139. The van der Waals surface area contributed by atoms with Crippen molar-refractivity contribution >= 4 is 46.4 Å². The number of anilines is 2. The van der Waals surface area contributed by atoms with E-state index in [2.05, 4.69) is 5.32 Å². The molecule has 0 bridgehead atoms. The third kappa shape index (κ3) is 3.57. The molecule has 130 valence electrons. The molecule has 5 nitrogen and oxygen atoms in total. The summed E-state index contributed by atoms with van der Waals surface area (Å²) in [4.78, 5) is 26.4. The van der Waals surface area contributed by atoms with E-state index in [0.29, 0.717) is 33.8 Å². The van der Waals surface area contributed by atoms with Gasteiger partial charge in [-0.3, -0.25) is 9.59 Å². The van der Waals surface area contributed by atoms with E-state index in [-0.39, 0.29) is 18.2 Å². The van der Waals surface area contributed by atoms with Crippen LogP contribution in [0.4, 0.5) is 11.4 Å². The van der Waals surface area contributed by atoms with E-state index >= 15 is 0 Å². The molecular weight excluding hydrogens is 363 g/mol. The average Bonchev–Trinajstić information content (AvgIpc) is 2.85. The minimum absolute atomic E-state index is 0.0399. The zero-order chi connectivity index (χ0) is 18.0. The number of nitrogens with one attached hydrogen (secondary N) is 1. The first-order valence-electron chi connectivity index (χ1n) is 7.81. The molecular formula is C18H16Cl2N2O3. The number of halogens is 2. The van der Waals surface area contributed by atoms with Crippen molar-refractivity contribution in [2.45, 2.75) is 19.4 Å². The lowest BCUT2D eigenvalue weighted by molar-refractivity contribution is -0.121. The van der Waals surface area contributed by atoms with Gasteiger partial charge in [0.15, 0.2) is 0 Å². The maximum atomic E-state index is 12.8. The van der Waals surface area contributed by atoms with Gasteiger partial charge in [-0.25, -0.2) is 4.90 Å². The van der Waals surface area contributed by atoms with Gasteiger partial charge in [0, 0.05) is 5.02 Å². The van der Waals surface area contributed by atoms with Gasteiger partial charge in [0.25, 0.3) is 5.91 Å². The standard InChI is InChI=1S/C18H16Cl2N2O3/c1-2-25-16-6-4-3-5-15(16)22-17(23)10-14(18(22)24)21-13-8-7-11(19)9-12(13)20/h3-9,14,21H,2,10H2,1H3/t14-/m1/s1. The number of carbonyl (C=O) groups is 2. The Morgan fingerprint density at radius 1 is 1.20 bits per heavy atom. The van der Waals surface area contributed by atoms with Gasteiger partial charge in [0.1, 0.15) is 11.8 Å². The van der Waals surface area contributed by atoms with Crippen molar-refractivity contribution in [2.24, 2.45) is 0 Å². The minimum Gasteiger partial charge on any atom is -0.492 e. The lowest BCUT2D eigenvalue weighted by atomic mass is 10.2. The monoisotopic (exact) mass is 378 g/mol. The average molecular weight is 379 g/mol. The van der Waals surface area contributed by atoms with E-state index in [4.69, 9.17) is 27.9 Å². The number of rotatable bonds is 5. The predicted molar refractivity (Wildman–Crippen MR) is 98.6 cm³/mol. The molecule has 1 aliphatic rings. The SMILES string of the molecule is CCOc1ccccc1N1C(=O)C[C@@H](Nc2ccc(Cl)cc2Cl)C1=O. The van der Waals surface area contributed by atoms with Crippen LogP contribution in [0.15, 0.2) is 42.5 Å². The lowest BCUT2D eigenvalue weighted by Gasteiger charge is -2.19.